The van der Waals surface area contributed by atoms with E-state index in [1.807, 2.05) is 13.1 Å². The Labute approximate surface area is 111 Å². The third-order valence-electron chi connectivity index (χ3n) is 2.51. The van der Waals surface area contributed by atoms with Gasteiger partial charge in [0, 0.05) is 6.20 Å². The van der Waals surface area contributed by atoms with Gasteiger partial charge in [-0.2, -0.15) is 0 Å². The molecule has 2 aromatic rings. The molecule has 19 heavy (non-hydrogen) atoms. The molecule has 0 aromatic carbocycles. The van der Waals surface area contributed by atoms with Crippen LogP contribution >= 0.6 is 0 Å². The summed E-state index contributed by atoms with van der Waals surface area (Å²) in [6.07, 6.45) is 3.52. The summed E-state index contributed by atoms with van der Waals surface area (Å²) in [4.78, 5) is 19.9. The van der Waals surface area contributed by atoms with Gasteiger partial charge >= 0.3 is 5.97 Å². The normalized spacial score (nSPS) is 10.3. The number of carbonyl (C=O) groups is 1. The topological polar surface area (TPSA) is 66.2 Å². The van der Waals surface area contributed by atoms with Crippen molar-refractivity contribution in [2.75, 3.05) is 13.7 Å². The molecule has 0 N–H and O–H groups in total. The number of carbonyl (C=O) groups excluding carboxylic acids is 1. The standard InChI is InChI=1S/C13H15N3O3/c1-4-19-13(17)10-5-6-11(12(15-10)18-3)16-7-9(2)14-8-16/h5-8H,4H2,1-3H3. The van der Waals surface area contributed by atoms with Crippen molar-refractivity contribution < 1.29 is 14.3 Å². The molecule has 0 atom stereocenters. The Kier molecular flexibility index (Phi) is 3.79. The monoisotopic (exact) mass is 261 g/mol. The van der Waals surface area contributed by atoms with Crippen molar-refractivity contribution in [1.82, 2.24) is 14.5 Å². The zero-order valence-corrected chi connectivity index (χ0v) is 11.1. The maximum Gasteiger partial charge on any atom is 0.357 e. The molecule has 0 unspecified atom stereocenters. The number of imidazole rings is 1. The van der Waals surface area contributed by atoms with Crippen LogP contribution in [0.3, 0.4) is 0 Å². The summed E-state index contributed by atoms with van der Waals surface area (Å²) in [5, 5.41) is 0. The van der Waals surface area contributed by atoms with Gasteiger partial charge in [-0.1, -0.05) is 0 Å². The van der Waals surface area contributed by atoms with Crippen LogP contribution in [0.4, 0.5) is 0 Å². The first-order valence-electron chi connectivity index (χ1n) is 5.88. The van der Waals surface area contributed by atoms with Crippen molar-refractivity contribution in [1.29, 1.82) is 0 Å². The zero-order valence-electron chi connectivity index (χ0n) is 11.1. The number of methoxy groups -OCH3 is 1. The second kappa shape index (κ2) is 5.51. The lowest BCUT2D eigenvalue weighted by atomic mass is 10.3. The Morgan fingerprint density at radius 3 is 2.79 bits per heavy atom. The maximum atomic E-state index is 11.6. The van der Waals surface area contributed by atoms with Gasteiger partial charge in [-0.25, -0.2) is 14.8 Å². The van der Waals surface area contributed by atoms with Crippen LogP contribution in [-0.4, -0.2) is 34.2 Å². The summed E-state index contributed by atoms with van der Waals surface area (Å²) in [7, 11) is 1.50. The van der Waals surface area contributed by atoms with Crippen LogP contribution in [-0.2, 0) is 4.74 Å². The predicted octanol–water partition coefficient (Wildman–Crippen LogP) is 1.76. The van der Waals surface area contributed by atoms with Crippen LogP contribution in [0.2, 0.25) is 0 Å². The molecule has 0 amide bonds. The van der Waals surface area contributed by atoms with Gasteiger partial charge in [0.25, 0.3) is 0 Å². The summed E-state index contributed by atoms with van der Waals surface area (Å²) in [5.41, 5.74) is 1.83. The molecule has 100 valence electrons. The fourth-order valence-electron chi connectivity index (χ4n) is 1.65. The van der Waals surface area contributed by atoms with Crippen molar-refractivity contribution in [3.05, 3.63) is 36.0 Å². The Hall–Kier alpha value is -2.37. The zero-order chi connectivity index (χ0) is 13.8. The molecule has 0 aliphatic heterocycles. The van der Waals surface area contributed by atoms with Gasteiger partial charge in [0.15, 0.2) is 5.69 Å². The van der Waals surface area contributed by atoms with Crippen LogP contribution in [0.1, 0.15) is 23.1 Å². The number of hydrogen-bond donors (Lipinski definition) is 0. The van der Waals surface area contributed by atoms with Crippen LogP contribution < -0.4 is 4.74 Å². The summed E-state index contributed by atoms with van der Waals surface area (Å²) in [5.74, 6) is -0.114. The molecule has 0 fully saturated rings. The molecule has 0 aliphatic carbocycles. The molecule has 0 saturated carbocycles. The maximum absolute atomic E-state index is 11.6. The van der Waals surface area contributed by atoms with Crippen LogP contribution in [0, 0.1) is 6.92 Å². The fraction of sp³-hybridized carbons (Fsp3) is 0.308. The van der Waals surface area contributed by atoms with E-state index in [2.05, 4.69) is 9.97 Å². The quantitative estimate of drug-likeness (QED) is 0.784. The molecule has 0 spiro atoms. The average molecular weight is 261 g/mol. The first-order chi connectivity index (χ1) is 9.15. The lowest BCUT2D eigenvalue weighted by molar-refractivity contribution is 0.0518. The average Bonchev–Trinajstić information content (AvgIpc) is 2.84. The summed E-state index contributed by atoms with van der Waals surface area (Å²) in [6.45, 7) is 3.95. The van der Waals surface area contributed by atoms with Gasteiger partial charge < -0.3 is 14.0 Å². The minimum atomic E-state index is -0.464. The third kappa shape index (κ3) is 2.73. The van der Waals surface area contributed by atoms with Crippen molar-refractivity contribution in [3.8, 4) is 11.6 Å². The molecule has 6 nitrogen and oxygen atoms in total. The van der Waals surface area contributed by atoms with E-state index < -0.39 is 5.97 Å². The molecule has 2 aromatic heterocycles. The van der Waals surface area contributed by atoms with E-state index in [-0.39, 0.29) is 5.69 Å². The van der Waals surface area contributed by atoms with E-state index >= 15 is 0 Å². The SMILES string of the molecule is CCOC(=O)c1ccc(-n2cnc(C)c2)c(OC)n1. The number of pyridine rings is 1. The number of hydrogen-bond acceptors (Lipinski definition) is 5. The lowest BCUT2D eigenvalue weighted by Crippen LogP contribution is -2.09. The Morgan fingerprint density at radius 1 is 1.42 bits per heavy atom. The van der Waals surface area contributed by atoms with Crippen LogP contribution in [0.5, 0.6) is 5.88 Å². The van der Waals surface area contributed by atoms with Crippen molar-refractivity contribution in [2.24, 2.45) is 0 Å². The van der Waals surface area contributed by atoms with Gasteiger partial charge in [-0.15, -0.1) is 0 Å². The third-order valence-corrected chi connectivity index (χ3v) is 2.51. The summed E-state index contributed by atoms with van der Waals surface area (Å²) < 4.78 is 11.9. The molecule has 0 aliphatic rings. The highest BCUT2D eigenvalue weighted by molar-refractivity contribution is 5.87. The first-order valence-corrected chi connectivity index (χ1v) is 5.88. The Bertz CT molecular complexity index is 593. The van der Waals surface area contributed by atoms with E-state index in [4.69, 9.17) is 9.47 Å². The van der Waals surface area contributed by atoms with Gasteiger partial charge in [0.1, 0.15) is 5.69 Å². The van der Waals surface area contributed by atoms with E-state index in [0.29, 0.717) is 12.5 Å². The van der Waals surface area contributed by atoms with Gasteiger partial charge in [-0.3, -0.25) is 0 Å². The molecule has 6 heteroatoms. The highest BCUT2D eigenvalue weighted by atomic mass is 16.5. The van der Waals surface area contributed by atoms with Crippen LogP contribution in [0.25, 0.3) is 5.69 Å². The van der Waals surface area contributed by atoms with Crippen molar-refractivity contribution >= 4 is 5.97 Å². The number of esters is 1. The van der Waals surface area contributed by atoms with Gasteiger partial charge in [0.05, 0.1) is 25.7 Å². The first kappa shape index (κ1) is 13.1. The highest BCUT2D eigenvalue weighted by Crippen LogP contribution is 2.21. The largest absolute Gasteiger partial charge is 0.479 e. The Morgan fingerprint density at radius 2 is 2.21 bits per heavy atom. The molecular weight excluding hydrogens is 246 g/mol. The molecule has 0 bridgehead atoms. The van der Waals surface area contributed by atoms with Crippen molar-refractivity contribution in [2.45, 2.75) is 13.8 Å². The molecule has 2 rings (SSSR count). The van der Waals surface area contributed by atoms with Crippen LogP contribution in [0.15, 0.2) is 24.7 Å². The van der Waals surface area contributed by atoms with E-state index in [0.717, 1.165) is 11.4 Å². The van der Waals surface area contributed by atoms with E-state index in [9.17, 15) is 4.79 Å². The molecule has 2 heterocycles. The number of aryl methyl sites for hydroxylation is 1. The van der Waals surface area contributed by atoms with Crippen molar-refractivity contribution in [3.63, 3.8) is 0 Å². The Balaban J connectivity index is 2.39. The summed E-state index contributed by atoms with van der Waals surface area (Å²) in [6, 6.07) is 3.35. The minimum Gasteiger partial charge on any atom is -0.479 e. The fourth-order valence-corrected chi connectivity index (χ4v) is 1.65. The number of aromatic nitrogens is 3. The summed E-state index contributed by atoms with van der Waals surface area (Å²) >= 11 is 0. The molecular formula is C13H15N3O3. The number of nitrogens with zero attached hydrogens (tertiary/aromatic N) is 3. The highest BCUT2D eigenvalue weighted by Gasteiger charge is 2.14. The minimum absolute atomic E-state index is 0.222. The number of ether oxygens (including phenoxy) is 2. The van der Waals surface area contributed by atoms with E-state index in [1.54, 1.807) is 30.0 Å². The van der Waals surface area contributed by atoms with E-state index in [1.165, 1.54) is 7.11 Å². The van der Waals surface area contributed by atoms with Gasteiger partial charge in [-0.05, 0) is 26.0 Å². The predicted molar refractivity (Wildman–Crippen MR) is 68.6 cm³/mol. The second-order valence-corrected chi connectivity index (χ2v) is 3.87. The second-order valence-electron chi connectivity index (χ2n) is 3.87. The van der Waals surface area contributed by atoms with Gasteiger partial charge in [0.2, 0.25) is 5.88 Å². The molecule has 0 radical (unpaired) electrons. The lowest BCUT2D eigenvalue weighted by Gasteiger charge is -2.09. The smallest absolute Gasteiger partial charge is 0.357 e. The number of rotatable bonds is 4. The molecule has 0 saturated heterocycles.